The molecule has 4 N–H and O–H groups in total. The number of rotatable bonds is 14. The Bertz CT molecular complexity index is 1810. The molecule has 0 radical (unpaired) electrons. The lowest BCUT2D eigenvalue weighted by molar-refractivity contribution is -0.118. The SMILES string of the molecule is COC(=O)NC(C(=O)Nc1ccccc1CC[C@@H]1CN[C@H](CO)[C@@H](CSc2nnc(-c3ccncc3)o2)O1)C(c1ccccc1)c1ccccc1. The minimum Gasteiger partial charge on any atom is -0.453 e. The van der Waals surface area contributed by atoms with Crippen LogP contribution in [0.2, 0.25) is 0 Å². The predicted molar refractivity (Wildman–Crippen MR) is 193 cm³/mol. The van der Waals surface area contributed by atoms with Gasteiger partial charge in [0.25, 0.3) is 5.22 Å². The molecule has 0 saturated carbocycles. The summed E-state index contributed by atoms with van der Waals surface area (Å²) < 4.78 is 17.2. The zero-order valence-electron chi connectivity index (χ0n) is 28.1. The molecule has 264 valence electrons. The molecular formula is C38H40N6O6S. The summed E-state index contributed by atoms with van der Waals surface area (Å²) in [7, 11) is 1.28. The standard InChI is InChI=1S/C38H40N6O6S/c1-48-37(47)42-34(33(26-11-4-2-5-12-26)27-13-6-3-7-14-27)35(46)41-30-15-9-8-10-25(30)16-17-29-22-40-31(23-45)32(49-29)24-51-38-44-43-36(50-38)28-18-20-39-21-19-28/h2-15,18-21,29,31-34,40,45H,16-17,22-24H2,1H3,(H,41,46)(H,42,47)/t29-,31-,32-,34?/m1/s1. The molecule has 1 saturated heterocycles. The Morgan fingerprint density at radius 2 is 1.65 bits per heavy atom. The number of aromatic nitrogens is 3. The highest BCUT2D eigenvalue weighted by Crippen LogP contribution is 2.30. The molecule has 1 aliphatic heterocycles. The van der Waals surface area contributed by atoms with Crippen LogP contribution in [0, 0.1) is 0 Å². The van der Waals surface area contributed by atoms with Gasteiger partial charge in [0.05, 0.1) is 32.0 Å². The molecule has 4 atom stereocenters. The van der Waals surface area contributed by atoms with Crippen LogP contribution in [-0.2, 0) is 20.7 Å². The fraction of sp³-hybridized carbons (Fsp3) is 0.289. The van der Waals surface area contributed by atoms with Crippen LogP contribution >= 0.6 is 11.8 Å². The first-order valence-electron chi connectivity index (χ1n) is 16.7. The van der Waals surface area contributed by atoms with Crippen LogP contribution in [-0.4, -0.2) is 82.6 Å². The fourth-order valence-electron chi connectivity index (χ4n) is 6.12. The molecule has 6 rings (SSSR count). The molecule has 2 aromatic heterocycles. The lowest BCUT2D eigenvalue weighted by Gasteiger charge is -2.36. The number of aryl methyl sites for hydroxylation is 1. The fourth-order valence-corrected chi connectivity index (χ4v) is 6.97. The van der Waals surface area contributed by atoms with Crippen LogP contribution in [0.15, 0.2) is 119 Å². The number of anilines is 1. The first-order chi connectivity index (χ1) is 25.0. The van der Waals surface area contributed by atoms with Crippen molar-refractivity contribution in [1.29, 1.82) is 0 Å². The number of hydrogen-bond donors (Lipinski definition) is 4. The van der Waals surface area contributed by atoms with E-state index >= 15 is 0 Å². The number of aliphatic hydroxyl groups is 1. The number of para-hydroxylation sites is 1. The number of hydrogen-bond acceptors (Lipinski definition) is 11. The Morgan fingerprint density at radius 3 is 2.33 bits per heavy atom. The quantitative estimate of drug-likeness (QED) is 0.114. The van der Waals surface area contributed by atoms with Crippen molar-refractivity contribution < 1.29 is 28.6 Å². The van der Waals surface area contributed by atoms with E-state index in [2.05, 4.69) is 31.1 Å². The van der Waals surface area contributed by atoms with Gasteiger partial charge in [-0.3, -0.25) is 9.78 Å². The highest BCUT2D eigenvalue weighted by Gasteiger charge is 2.34. The van der Waals surface area contributed by atoms with Crippen molar-refractivity contribution in [3.8, 4) is 11.5 Å². The number of nitrogens with one attached hydrogen (secondary N) is 3. The second-order valence-corrected chi connectivity index (χ2v) is 13.0. The predicted octanol–water partition coefficient (Wildman–Crippen LogP) is 5.07. The summed E-state index contributed by atoms with van der Waals surface area (Å²) in [6, 6.07) is 29.2. The van der Waals surface area contributed by atoms with E-state index in [1.54, 1.807) is 24.5 Å². The van der Waals surface area contributed by atoms with Gasteiger partial charge in [-0.1, -0.05) is 90.6 Å². The van der Waals surface area contributed by atoms with Crippen molar-refractivity contribution in [3.63, 3.8) is 0 Å². The van der Waals surface area contributed by atoms with Crippen LogP contribution in [0.4, 0.5) is 10.5 Å². The van der Waals surface area contributed by atoms with E-state index in [4.69, 9.17) is 13.9 Å². The third kappa shape index (κ3) is 9.38. The van der Waals surface area contributed by atoms with E-state index in [0.29, 0.717) is 41.9 Å². The van der Waals surface area contributed by atoms with Gasteiger partial charge in [0.15, 0.2) is 0 Å². The zero-order chi connectivity index (χ0) is 35.4. The largest absolute Gasteiger partial charge is 0.453 e. The smallest absolute Gasteiger partial charge is 0.407 e. The van der Waals surface area contributed by atoms with Crippen molar-refractivity contribution in [2.75, 3.05) is 31.3 Å². The molecule has 3 aromatic carbocycles. The molecular weight excluding hydrogens is 669 g/mol. The first kappa shape index (κ1) is 35.7. The minimum absolute atomic E-state index is 0.0767. The molecule has 1 aliphatic rings. The maximum Gasteiger partial charge on any atom is 0.407 e. The van der Waals surface area contributed by atoms with E-state index in [1.165, 1.54) is 18.9 Å². The number of benzene rings is 3. The van der Waals surface area contributed by atoms with E-state index < -0.39 is 18.1 Å². The van der Waals surface area contributed by atoms with Gasteiger partial charge in [-0.05, 0) is 47.7 Å². The van der Waals surface area contributed by atoms with Crippen LogP contribution in [0.25, 0.3) is 11.5 Å². The van der Waals surface area contributed by atoms with Gasteiger partial charge < -0.3 is 34.9 Å². The Hall–Kier alpha value is -5.08. The average molecular weight is 709 g/mol. The Balaban J connectivity index is 1.12. The van der Waals surface area contributed by atoms with Gasteiger partial charge >= 0.3 is 6.09 Å². The van der Waals surface area contributed by atoms with Crippen LogP contribution < -0.4 is 16.0 Å². The Labute approximate surface area is 300 Å². The van der Waals surface area contributed by atoms with Crippen molar-refractivity contribution in [2.24, 2.45) is 0 Å². The number of thioether (sulfide) groups is 1. The van der Waals surface area contributed by atoms with E-state index in [-0.39, 0.29) is 30.8 Å². The van der Waals surface area contributed by atoms with Crippen LogP contribution in [0.5, 0.6) is 0 Å². The number of carbonyl (C=O) groups is 2. The second-order valence-electron chi connectivity index (χ2n) is 12.0. The summed E-state index contributed by atoms with van der Waals surface area (Å²) in [4.78, 5) is 30.7. The molecule has 0 aliphatic carbocycles. The van der Waals surface area contributed by atoms with Gasteiger partial charge in [0.2, 0.25) is 11.8 Å². The Kier molecular flexibility index (Phi) is 12.4. The molecule has 5 aromatic rings. The minimum atomic E-state index is -0.977. The van der Waals surface area contributed by atoms with E-state index in [1.807, 2.05) is 84.9 Å². The molecule has 1 fully saturated rings. The number of morpholine rings is 1. The molecule has 2 amide bonds. The summed E-state index contributed by atoms with van der Waals surface area (Å²) in [6.45, 7) is 0.487. The Morgan fingerprint density at radius 1 is 0.961 bits per heavy atom. The van der Waals surface area contributed by atoms with Crippen molar-refractivity contribution in [1.82, 2.24) is 25.8 Å². The molecule has 51 heavy (non-hydrogen) atoms. The van der Waals surface area contributed by atoms with Gasteiger partial charge in [-0.15, -0.1) is 10.2 Å². The monoisotopic (exact) mass is 708 g/mol. The zero-order valence-corrected chi connectivity index (χ0v) is 28.9. The molecule has 12 nitrogen and oxygen atoms in total. The lowest BCUT2D eigenvalue weighted by atomic mass is 9.84. The van der Waals surface area contributed by atoms with E-state index in [9.17, 15) is 14.7 Å². The van der Waals surface area contributed by atoms with Crippen molar-refractivity contribution in [3.05, 3.63) is 126 Å². The molecule has 13 heteroatoms. The average Bonchev–Trinajstić information content (AvgIpc) is 3.67. The number of carbonyl (C=O) groups excluding carboxylic acids is 2. The second kappa shape index (κ2) is 17.7. The number of alkyl carbamates (subject to hydrolysis) is 1. The van der Waals surface area contributed by atoms with Gasteiger partial charge in [-0.2, -0.15) is 0 Å². The van der Waals surface area contributed by atoms with Crippen LogP contribution in [0.1, 0.15) is 29.0 Å². The number of nitrogens with zero attached hydrogens (tertiary/aromatic N) is 3. The number of amides is 2. The third-order valence-electron chi connectivity index (χ3n) is 8.73. The normalized spacial score (nSPS) is 17.8. The molecule has 0 spiro atoms. The summed E-state index contributed by atoms with van der Waals surface area (Å²) >= 11 is 1.38. The van der Waals surface area contributed by atoms with Crippen molar-refractivity contribution >= 4 is 29.4 Å². The summed E-state index contributed by atoms with van der Waals surface area (Å²) in [5.74, 6) is 0.0481. The third-order valence-corrected chi connectivity index (χ3v) is 9.64. The number of ether oxygens (including phenoxy) is 2. The van der Waals surface area contributed by atoms with Gasteiger partial charge in [-0.25, -0.2) is 4.79 Å². The highest BCUT2D eigenvalue weighted by molar-refractivity contribution is 7.99. The van der Waals surface area contributed by atoms with Crippen molar-refractivity contribution in [2.45, 2.75) is 48.3 Å². The number of methoxy groups -OCH3 is 1. The highest BCUT2D eigenvalue weighted by atomic mass is 32.2. The first-order valence-corrected chi connectivity index (χ1v) is 17.7. The van der Waals surface area contributed by atoms with Crippen LogP contribution in [0.3, 0.4) is 0 Å². The summed E-state index contributed by atoms with van der Waals surface area (Å²) in [6.07, 6.45) is 3.45. The molecule has 1 unspecified atom stereocenters. The number of aliphatic hydroxyl groups excluding tert-OH is 1. The molecule has 0 bridgehead atoms. The van der Waals surface area contributed by atoms with E-state index in [0.717, 1.165) is 22.3 Å². The molecule has 3 heterocycles. The van der Waals surface area contributed by atoms with Gasteiger partial charge in [0, 0.05) is 41.9 Å². The lowest BCUT2D eigenvalue weighted by Crippen LogP contribution is -2.55. The summed E-state index contributed by atoms with van der Waals surface area (Å²) in [5.41, 5.74) is 4.10. The maximum absolute atomic E-state index is 14.1. The topological polar surface area (TPSA) is 161 Å². The summed E-state index contributed by atoms with van der Waals surface area (Å²) in [5, 5.41) is 28.1. The maximum atomic E-state index is 14.1. The van der Waals surface area contributed by atoms with Gasteiger partial charge in [0.1, 0.15) is 6.04 Å². The number of pyridine rings is 1.